The molecule has 1 amide bonds. The molecule has 1 heterocycles. The van der Waals surface area contributed by atoms with Gasteiger partial charge in [0, 0.05) is 11.4 Å². The summed E-state index contributed by atoms with van der Waals surface area (Å²) in [6, 6.07) is 3.91. The third-order valence-corrected chi connectivity index (χ3v) is 4.42. The fourth-order valence-corrected chi connectivity index (χ4v) is 2.94. The Hall–Kier alpha value is -0.870. The fraction of sp³-hybridized carbons (Fsp3) is 0.688. The van der Waals surface area contributed by atoms with Crippen molar-refractivity contribution in [1.29, 1.82) is 0 Å². The second-order valence-corrected chi connectivity index (χ2v) is 6.36. The van der Waals surface area contributed by atoms with Crippen LogP contribution in [-0.4, -0.2) is 11.9 Å². The zero-order valence-electron chi connectivity index (χ0n) is 12.6. The maximum atomic E-state index is 11.4. The maximum absolute atomic E-state index is 11.4. The van der Waals surface area contributed by atoms with Crippen molar-refractivity contribution in [3.8, 4) is 0 Å². The molecule has 0 radical (unpaired) electrons. The van der Waals surface area contributed by atoms with E-state index in [1.54, 1.807) is 11.3 Å². The van der Waals surface area contributed by atoms with E-state index in [0.29, 0.717) is 0 Å². The summed E-state index contributed by atoms with van der Waals surface area (Å²) in [4.78, 5) is 12.7. The van der Waals surface area contributed by atoms with E-state index in [2.05, 4.69) is 18.3 Å². The molecule has 1 unspecified atom stereocenters. The molecule has 20 heavy (non-hydrogen) atoms. The minimum absolute atomic E-state index is 0.187. The number of primary amides is 1. The van der Waals surface area contributed by atoms with E-state index < -0.39 is 0 Å². The van der Waals surface area contributed by atoms with Gasteiger partial charge in [0.2, 0.25) is 5.91 Å². The predicted molar refractivity (Wildman–Crippen MR) is 86.8 cm³/mol. The van der Waals surface area contributed by atoms with E-state index in [9.17, 15) is 4.79 Å². The van der Waals surface area contributed by atoms with Gasteiger partial charge in [-0.2, -0.15) is 0 Å². The summed E-state index contributed by atoms with van der Waals surface area (Å²) in [6.45, 7) is 2.97. The number of carbonyl (C=O) groups excluding carboxylic acids is 1. The lowest BCUT2D eigenvalue weighted by molar-refractivity contribution is -0.120. The van der Waals surface area contributed by atoms with Gasteiger partial charge >= 0.3 is 0 Å². The molecule has 1 atom stereocenters. The van der Waals surface area contributed by atoms with Crippen LogP contribution in [0.15, 0.2) is 17.5 Å². The molecule has 0 fully saturated rings. The van der Waals surface area contributed by atoms with Crippen LogP contribution in [0.3, 0.4) is 0 Å². The molecule has 114 valence electrons. The van der Waals surface area contributed by atoms with Crippen LogP contribution in [-0.2, 0) is 11.3 Å². The molecule has 0 aromatic carbocycles. The molecule has 3 nitrogen and oxygen atoms in total. The predicted octanol–water partition coefficient (Wildman–Crippen LogP) is 3.83. The van der Waals surface area contributed by atoms with Gasteiger partial charge in [0.05, 0.1) is 6.04 Å². The summed E-state index contributed by atoms with van der Waals surface area (Å²) in [5, 5.41) is 5.32. The quantitative estimate of drug-likeness (QED) is 0.576. The van der Waals surface area contributed by atoms with Gasteiger partial charge < -0.3 is 11.1 Å². The summed E-state index contributed by atoms with van der Waals surface area (Å²) >= 11 is 1.70. The smallest absolute Gasteiger partial charge is 0.234 e. The average molecular weight is 296 g/mol. The van der Waals surface area contributed by atoms with Crippen LogP contribution in [0.25, 0.3) is 0 Å². The van der Waals surface area contributed by atoms with E-state index in [4.69, 9.17) is 5.73 Å². The number of nitrogens with one attached hydrogen (secondary N) is 1. The van der Waals surface area contributed by atoms with Crippen molar-refractivity contribution in [2.24, 2.45) is 5.73 Å². The number of thiophene rings is 1. The first-order chi connectivity index (χ1) is 9.74. The van der Waals surface area contributed by atoms with Crippen molar-refractivity contribution < 1.29 is 4.79 Å². The van der Waals surface area contributed by atoms with E-state index in [-0.39, 0.29) is 11.9 Å². The van der Waals surface area contributed by atoms with Crippen molar-refractivity contribution in [3.63, 3.8) is 0 Å². The topological polar surface area (TPSA) is 55.1 Å². The Balaban J connectivity index is 2.11. The van der Waals surface area contributed by atoms with Gasteiger partial charge in [0.25, 0.3) is 0 Å². The number of carbonyl (C=O) groups is 1. The van der Waals surface area contributed by atoms with E-state index in [0.717, 1.165) is 19.4 Å². The molecule has 0 aliphatic heterocycles. The van der Waals surface area contributed by atoms with Gasteiger partial charge in [-0.25, -0.2) is 0 Å². The van der Waals surface area contributed by atoms with Crippen LogP contribution in [0.2, 0.25) is 0 Å². The summed E-state index contributed by atoms with van der Waals surface area (Å²) in [5.74, 6) is -0.229. The molecule has 0 aliphatic rings. The van der Waals surface area contributed by atoms with Gasteiger partial charge in [0.15, 0.2) is 0 Å². The summed E-state index contributed by atoms with van der Waals surface area (Å²) in [7, 11) is 0. The number of rotatable bonds is 12. The van der Waals surface area contributed by atoms with Gasteiger partial charge in [-0.05, 0) is 17.9 Å². The van der Waals surface area contributed by atoms with Crippen molar-refractivity contribution >= 4 is 17.2 Å². The Kier molecular flexibility index (Phi) is 9.33. The highest BCUT2D eigenvalue weighted by atomic mass is 32.1. The lowest BCUT2D eigenvalue weighted by atomic mass is 10.0. The molecule has 0 saturated heterocycles. The highest BCUT2D eigenvalue weighted by Crippen LogP contribution is 2.11. The molecule has 1 rings (SSSR count). The number of unbranched alkanes of at least 4 members (excludes halogenated alkanes) is 6. The Morgan fingerprint density at radius 2 is 1.95 bits per heavy atom. The van der Waals surface area contributed by atoms with Crippen LogP contribution in [0.4, 0.5) is 0 Å². The van der Waals surface area contributed by atoms with Gasteiger partial charge in [0.1, 0.15) is 0 Å². The first-order valence-electron chi connectivity index (χ1n) is 7.79. The third-order valence-electron chi connectivity index (χ3n) is 3.54. The molecule has 0 aliphatic carbocycles. The van der Waals surface area contributed by atoms with Crippen LogP contribution in [0.5, 0.6) is 0 Å². The Bertz CT molecular complexity index is 351. The maximum Gasteiger partial charge on any atom is 0.234 e. The van der Waals surface area contributed by atoms with Crippen LogP contribution in [0.1, 0.15) is 63.2 Å². The van der Waals surface area contributed by atoms with Gasteiger partial charge in [-0.3, -0.25) is 4.79 Å². The minimum atomic E-state index is -0.229. The normalized spacial score (nSPS) is 12.4. The number of hydrogen-bond donors (Lipinski definition) is 2. The van der Waals surface area contributed by atoms with Crippen molar-refractivity contribution in [2.75, 3.05) is 0 Å². The average Bonchev–Trinajstić information content (AvgIpc) is 2.93. The molecule has 1 aromatic heterocycles. The first kappa shape index (κ1) is 17.2. The third kappa shape index (κ3) is 7.65. The molecular weight excluding hydrogens is 268 g/mol. The Morgan fingerprint density at radius 3 is 2.55 bits per heavy atom. The van der Waals surface area contributed by atoms with Crippen molar-refractivity contribution in [1.82, 2.24) is 5.32 Å². The molecular formula is C16H28N2OS. The monoisotopic (exact) mass is 296 g/mol. The first-order valence-corrected chi connectivity index (χ1v) is 8.67. The summed E-state index contributed by atoms with van der Waals surface area (Å²) in [6.07, 6.45) is 9.70. The van der Waals surface area contributed by atoms with Crippen LogP contribution in [0, 0.1) is 0 Å². The van der Waals surface area contributed by atoms with E-state index in [1.807, 2.05) is 11.4 Å². The molecule has 0 spiro atoms. The standard InChI is InChI=1S/C16H28N2OS/c1-2-3-4-5-6-7-8-11-15(16(17)19)18-13-14-10-9-12-20-14/h9-10,12,15,18H,2-8,11,13H2,1H3,(H2,17,19). The van der Waals surface area contributed by atoms with Crippen molar-refractivity contribution in [3.05, 3.63) is 22.4 Å². The van der Waals surface area contributed by atoms with Crippen LogP contribution < -0.4 is 11.1 Å². The Morgan fingerprint density at radius 1 is 1.25 bits per heavy atom. The minimum Gasteiger partial charge on any atom is -0.368 e. The molecule has 0 bridgehead atoms. The van der Waals surface area contributed by atoms with Crippen LogP contribution >= 0.6 is 11.3 Å². The summed E-state index contributed by atoms with van der Waals surface area (Å²) in [5.41, 5.74) is 5.46. The van der Waals surface area contributed by atoms with Crippen molar-refractivity contribution in [2.45, 2.75) is 70.9 Å². The number of hydrogen-bond acceptors (Lipinski definition) is 3. The highest BCUT2D eigenvalue weighted by molar-refractivity contribution is 7.09. The van der Waals surface area contributed by atoms with E-state index >= 15 is 0 Å². The lowest BCUT2D eigenvalue weighted by Gasteiger charge is -2.14. The zero-order chi connectivity index (χ0) is 14.6. The van der Waals surface area contributed by atoms with E-state index in [1.165, 1.54) is 43.4 Å². The molecule has 0 saturated carbocycles. The zero-order valence-corrected chi connectivity index (χ0v) is 13.4. The number of nitrogens with two attached hydrogens (primary N) is 1. The molecule has 4 heteroatoms. The molecule has 3 N–H and O–H groups in total. The SMILES string of the molecule is CCCCCCCCCC(NCc1cccs1)C(N)=O. The molecule has 1 aromatic rings. The van der Waals surface area contributed by atoms with Gasteiger partial charge in [-0.15, -0.1) is 11.3 Å². The Labute approximate surface area is 127 Å². The lowest BCUT2D eigenvalue weighted by Crippen LogP contribution is -2.40. The summed E-state index contributed by atoms with van der Waals surface area (Å²) < 4.78 is 0. The fourth-order valence-electron chi connectivity index (χ4n) is 2.29. The number of amides is 1. The highest BCUT2D eigenvalue weighted by Gasteiger charge is 2.13. The second kappa shape index (κ2) is 10.9. The second-order valence-electron chi connectivity index (χ2n) is 5.33. The van der Waals surface area contributed by atoms with Gasteiger partial charge in [-0.1, -0.05) is 57.9 Å². The largest absolute Gasteiger partial charge is 0.368 e.